The van der Waals surface area contributed by atoms with Crippen LogP contribution in [0, 0.1) is 11.6 Å². The average Bonchev–Trinajstić information content (AvgIpc) is 2.22. The molecule has 3 N–H and O–H groups in total. The molecule has 17 heavy (non-hydrogen) atoms. The quantitative estimate of drug-likeness (QED) is 0.754. The second-order valence-electron chi connectivity index (χ2n) is 3.92. The molecule has 0 saturated heterocycles. The van der Waals surface area contributed by atoms with Gasteiger partial charge in [0.15, 0.2) is 0 Å². The molecule has 1 rings (SSSR count). The highest BCUT2D eigenvalue weighted by atomic mass is 19.1. The van der Waals surface area contributed by atoms with Gasteiger partial charge in [-0.3, -0.25) is 10.2 Å². The van der Waals surface area contributed by atoms with Gasteiger partial charge in [0.2, 0.25) is 0 Å². The molecule has 0 heterocycles. The van der Waals surface area contributed by atoms with Crippen LogP contribution in [0.5, 0.6) is 0 Å². The Morgan fingerprint density at radius 3 is 2.71 bits per heavy atom. The van der Waals surface area contributed by atoms with Crippen LogP contribution in [0.2, 0.25) is 0 Å². The number of hydrogen-bond acceptors (Lipinski definition) is 3. The highest BCUT2D eigenvalue weighted by Gasteiger charge is 2.16. The largest absolute Gasteiger partial charge is 0.320 e. The molecule has 1 aromatic carbocycles. The van der Waals surface area contributed by atoms with Crippen LogP contribution in [0.15, 0.2) is 18.2 Å². The lowest BCUT2D eigenvalue weighted by Gasteiger charge is -2.16. The van der Waals surface area contributed by atoms with Crippen molar-refractivity contribution in [3.63, 3.8) is 0 Å². The summed E-state index contributed by atoms with van der Waals surface area (Å²) in [6, 6.07) is 2.15. The van der Waals surface area contributed by atoms with Crippen molar-refractivity contribution in [1.82, 2.24) is 10.4 Å². The highest BCUT2D eigenvalue weighted by Crippen LogP contribution is 2.11. The van der Waals surface area contributed by atoms with E-state index in [9.17, 15) is 13.6 Å². The highest BCUT2D eigenvalue weighted by molar-refractivity contribution is 5.81. The number of carbonyl (C=O) groups is 1. The van der Waals surface area contributed by atoms with Crippen molar-refractivity contribution in [1.29, 1.82) is 0 Å². The van der Waals surface area contributed by atoms with Crippen molar-refractivity contribution in [2.24, 2.45) is 5.73 Å². The van der Waals surface area contributed by atoms with E-state index in [0.717, 1.165) is 18.2 Å². The zero-order chi connectivity index (χ0) is 13.0. The molecule has 0 aliphatic heterocycles. The first-order valence-corrected chi connectivity index (χ1v) is 5.07. The molecule has 0 aliphatic rings. The van der Waals surface area contributed by atoms with Gasteiger partial charge in [-0.25, -0.2) is 13.8 Å². The van der Waals surface area contributed by atoms with Crippen LogP contribution in [0.4, 0.5) is 8.78 Å². The fourth-order valence-corrected chi connectivity index (χ4v) is 1.33. The topological polar surface area (TPSA) is 58.4 Å². The first-order chi connectivity index (χ1) is 7.90. The van der Waals surface area contributed by atoms with E-state index >= 15 is 0 Å². The van der Waals surface area contributed by atoms with Gasteiger partial charge in [0.05, 0.1) is 6.04 Å². The molecule has 6 heteroatoms. The minimum absolute atomic E-state index is 0.0523. The van der Waals surface area contributed by atoms with Crippen LogP contribution < -0.4 is 11.2 Å². The van der Waals surface area contributed by atoms with Crippen molar-refractivity contribution in [3.8, 4) is 0 Å². The zero-order valence-corrected chi connectivity index (χ0v) is 9.71. The maximum absolute atomic E-state index is 13.3. The number of hydrogen-bond donors (Lipinski definition) is 2. The number of rotatable bonds is 4. The van der Waals surface area contributed by atoms with Crippen molar-refractivity contribution in [2.75, 3.05) is 14.1 Å². The van der Waals surface area contributed by atoms with Crippen LogP contribution in [0.1, 0.15) is 5.56 Å². The lowest BCUT2D eigenvalue weighted by atomic mass is 10.1. The number of halogens is 2. The second kappa shape index (κ2) is 5.70. The predicted molar refractivity (Wildman–Crippen MR) is 59.9 cm³/mol. The molecule has 0 radical (unpaired) electrons. The van der Waals surface area contributed by atoms with Gasteiger partial charge in [-0.15, -0.1) is 0 Å². The Balaban J connectivity index is 2.70. The van der Waals surface area contributed by atoms with Crippen molar-refractivity contribution in [3.05, 3.63) is 35.4 Å². The normalized spacial score (nSPS) is 12.6. The number of benzene rings is 1. The SMILES string of the molecule is CN(C)NC(=O)C(N)Cc1cc(F)ccc1F. The Bertz CT molecular complexity index is 410. The first kappa shape index (κ1) is 13.5. The fraction of sp³-hybridized carbons (Fsp3) is 0.364. The Kier molecular flexibility index (Phi) is 4.53. The smallest absolute Gasteiger partial charge is 0.251 e. The first-order valence-electron chi connectivity index (χ1n) is 5.07. The molecule has 1 atom stereocenters. The molecular weight excluding hydrogens is 228 g/mol. The summed E-state index contributed by atoms with van der Waals surface area (Å²) < 4.78 is 26.2. The van der Waals surface area contributed by atoms with E-state index in [2.05, 4.69) is 5.43 Å². The van der Waals surface area contributed by atoms with Gasteiger partial charge in [-0.2, -0.15) is 0 Å². The molecular formula is C11H15F2N3O. The molecule has 0 aromatic heterocycles. The Morgan fingerprint density at radius 2 is 2.12 bits per heavy atom. The maximum atomic E-state index is 13.3. The molecule has 1 amide bonds. The number of hydrazine groups is 1. The fourth-order valence-electron chi connectivity index (χ4n) is 1.33. The molecule has 0 aliphatic carbocycles. The summed E-state index contributed by atoms with van der Waals surface area (Å²) >= 11 is 0. The summed E-state index contributed by atoms with van der Waals surface area (Å²) in [7, 11) is 3.26. The van der Waals surface area contributed by atoms with Crippen LogP contribution in [0.25, 0.3) is 0 Å². The summed E-state index contributed by atoms with van der Waals surface area (Å²) in [5.41, 5.74) is 8.13. The predicted octanol–water partition coefficient (Wildman–Crippen LogP) is 0.427. The average molecular weight is 243 g/mol. The van der Waals surface area contributed by atoms with E-state index in [1.807, 2.05) is 0 Å². The van der Waals surface area contributed by atoms with E-state index in [-0.39, 0.29) is 12.0 Å². The van der Waals surface area contributed by atoms with Gasteiger partial charge in [-0.1, -0.05) is 0 Å². The molecule has 94 valence electrons. The van der Waals surface area contributed by atoms with E-state index in [1.54, 1.807) is 14.1 Å². The van der Waals surface area contributed by atoms with Gasteiger partial charge < -0.3 is 5.73 Å². The summed E-state index contributed by atoms with van der Waals surface area (Å²) in [5, 5.41) is 1.43. The number of nitrogens with two attached hydrogens (primary N) is 1. The van der Waals surface area contributed by atoms with E-state index < -0.39 is 23.6 Å². The van der Waals surface area contributed by atoms with Gasteiger partial charge in [0.25, 0.3) is 5.91 Å². The maximum Gasteiger partial charge on any atom is 0.251 e. The van der Waals surface area contributed by atoms with Crippen molar-refractivity contribution < 1.29 is 13.6 Å². The van der Waals surface area contributed by atoms with E-state index in [4.69, 9.17) is 5.73 Å². The van der Waals surface area contributed by atoms with Crippen LogP contribution >= 0.6 is 0 Å². The third kappa shape index (κ3) is 4.08. The van der Waals surface area contributed by atoms with E-state index in [1.165, 1.54) is 5.01 Å². The molecule has 1 aromatic rings. The van der Waals surface area contributed by atoms with Crippen LogP contribution in [-0.4, -0.2) is 31.1 Å². The Labute approximate surface area is 98.4 Å². The van der Waals surface area contributed by atoms with Crippen molar-refractivity contribution >= 4 is 5.91 Å². The monoisotopic (exact) mass is 243 g/mol. The molecule has 0 saturated carbocycles. The molecule has 4 nitrogen and oxygen atoms in total. The summed E-state index contributed by atoms with van der Waals surface area (Å²) in [6.45, 7) is 0. The Hall–Kier alpha value is -1.53. The number of carbonyl (C=O) groups excluding carboxylic acids is 1. The van der Waals surface area contributed by atoms with Gasteiger partial charge in [0, 0.05) is 14.1 Å². The summed E-state index contributed by atoms with van der Waals surface area (Å²) in [6.07, 6.45) is -0.0523. The standard InChI is InChI=1S/C11H15F2N3O/c1-16(2)15-11(17)10(14)6-7-5-8(12)3-4-9(7)13/h3-5,10H,6,14H2,1-2H3,(H,15,17). The lowest BCUT2D eigenvalue weighted by Crippen LogP contribution is -2.47. The molecule has 0 fully saturated rings. The molecule has 0 spiro atoms. The number of amides is 1. The third-order valence-electron chi connectivity index (χ3n) is 2.12. The minimum Gasteiger partial charge on any atom is -0.320 e. The lowest BCUT2D eigenvalue weighted by molar-refractivity contribution is -0.126. The van der Waals surface area contributed by atoms with Crippen LogP contribution in [-0.2, 0) is 11.2 Å². The second-order valence-corrected chi connectivity index (χ2v) is 3.92. The van der Waals surface area contributed by atoms with Gasteiger partial charge in [-0.05, 0) is 30.2 Å². The zero-order valence-electron chi connectivity index (χ0n) is 9.71. The van der Waals surface area contributed by atoms with E-state index in [0.29, 0.717) is 0 Å². The van der Waals surface area contributed by atoms with Crippen molar-refractivity contribution in [2.45, 2.75) is 12.5 Å². The minimum atomic E-state index is -0.923. The van der Waals surface area contributed by atoms with Gasteiger partial charge >= 0.3 is 0 Å². The van der Waals surface area contributed by atoms with Gasteiger partial charge in [0.1, 0.15) is 11.6 Å². The molecule has 1 unspecified atom stereocenters. The number of nitrogens with one attached hydrogen (secondary N) is 1. The molecule has 0 bridgehead atoms. The summed E-state index contributed by atoms with van der Waals surface area (Å²) in [4.78, 5) is 11.5. The Morgan fingerprint density at radius 1 is 1.47 bits per heavy atom. The van der Waals surface area contributed by atoms with Crippen LogP contribution in [0.3, 0.4) is 0 Å². The number of nitrogens with zero attached hydrogens (tertiary/aromatic N) is 1. The third-order valence-corrected chi connectivity index (χ3v) is 2.12. The summed E-state index contributed by atoms with van der Waals surface area (Å²) in [5.74, 6) is -1.57.